The normalized spacial score (nSPS) is 18.4. The Morgan fingerprint density at radius 3 is 2.27 bits per heavy atom. The second-order valence-corrected chi connectivity index (χ2v) is 10.7. The van der Waals surface area contributed by atoms with E-state index in [-0.39, 0.29) is 40.5 Å². The molecule has 3 aromatic carbocycles. The van der Waals surface area contributed by atoms with E-state index in [1.54, 1.807) is 60.7 Å². The van der Waals surface area contributed by atoms with Gasteiger partial charge in [-0.1, -0.05) is 60.8 Å². The van der Waals surface area contributed by atoms with E-state index in [1.165, 1.54) is 17.0 Å². The topological polar surface area (TPSA) is 114 Å². The third-order valence-corrected chi connectivity index (χ3v) is 8.12. The number of phenols is 1. The van der Waals surface area contributed by atoms with Gasteiger partial charge < -0.3 is 9.84 Å². The van der Waals surface area contributed by atoms with Crippen LogP contribution < -0.4 is 4.90 Å². The Kier molecular flexibility index (Phi) is 7.01. The summed E-state index contributed by atoms with van der Waals surface area (Å²) in [4.78, 5) is 57.8. The minimum atomic E-state index is -0.753. The third-order valence-electron chi connectivity index (χ3n) is 7.81. The number of hydrogen-bond acceptors (Lipinski definition) is 7. The van der Waals surface area contributed by atoms with Crippen molar-refractivity contribution in [3.05, 3.63) is 88.9 Å². The van der Waals surface area contributed by atoms with Crippen LogP contribution in [-0.4, -0.2) is 40.3 Å². The van der Waals surface area contributed by atoms with E-state index in [2.05, 4.69) is 4.98 Å². The SMILES string of the molecule is O=C(COC(=O)c1cc(-c2ccc(N3C(=O)C4CCCCC4C3=O)cc2)nc2c(Cl)cccc12)c1ccccc1O. The average molecular weight is 569 g/mol. The van der Waals surface area contributed by atoms with E-state index in [1.807, 2.05) is 0 Å². The van der Waals surface area contributed by atoms with Crippen molar-refractivity contribution in [2.75, 3.05) is 11.5 Å². The lowest BCUT2D eigenvalue weighted by atomic mass is 9.81. The zero-order valence-corrected chi connectivity index (χ0v) is 22.6. The van der Waals surface area contributed by atoms with E-state index in [9.17, 15) is 24.3 Å². The van der Waals surface area contributed by atoms with Crippen molar-refractivity contribution in [2.24, 2.45) is 11.8 Å². The fourth-order valence-corrected chi connectivity index (χ4v) is 5.94. The molecule has 6 rings (SSSR count). The predicted molar refractivity (Wildman–Crippen MR) is 153 cm³/mol. The number of esters is 1. The summed E-state index contributed by atoms with van der Waals surface area (Å²) in [5.41, 5.74) is 2.15. The summed E-state index contributed by atoms with van der Waals surface area (Å²) in [7, 11) is 0. The number of phenolic OH excluding ortho intramolecular Hbond substituents is 1. The molecule has 1 saturated heterocycles. The van der Waals surface area contributed by atoms with Crippen LogP contribution in [0, 0.1) is 11.8 Å². The lowest BCUT2D eigenvalue weighted by Gasteiger charge is -2.19. The highest BCUT2D eigenvalue weighted by Crippen LogP contribution is 2.40. The number of hydrogen-bond donors (Lipinski definition) is 1. The highest BCUT2D eigenvalue weighted by atomic mass is 35.5. The largest absolute Gasteiger partial charge is 0.507 e. The maximum atomic E-state index is 13.2. The number of aromatic nitrogens is 1. The molecule has 206 valence electrons. The number of Topliss-reactive ketones (excluding diaryl/α,β-unsaturated/α-hetero) is 1. The van der Waals surface area contributed by atoms with Crippen LogP contribution in [0.25, 0.3) is 22.2 Å². The number of rotatable bonds is 6. The molecule has 2 fully saturated rings. The van der Waals surface area contributed by atoms with Gasteiger partial charge in [0.15, 0.2) is 6.61 Å². The van der Waals surface area contributed by atoms with Gasteiger partial charge in [0.1, 0.15) is 5.75 Å². The first-order chi connectivity index (χ1) is 19.8. The van der Waals surface area contributed by atoms with Crippen molar-refractivity contribution in [1.29, 1.82) is 0 Å². The van der Waals surface area contributed by atoms with Gasteiger partial charge in [-0.25, -0.2) is 9.78 Å². The van der Waals surface area contributed by atoms with Gasteiger partial charge in [0.2, 0.25) is 17.6 Å². The summed E-state index contributed by atoms with van der Waals surface area (Å²) < 4.78 is 5.34. The molecule has 0 bridgehead atoms. The highest BCUT2D eigenvalue weighted by Gasteiger charge is 2.48. The van der Waals surface area contributed by atoms with Crippen molar-refractivity contribution in [3.63, 3.8) is 0 Å². The van der Waals surface area contributed by atoms with E-state index < -0.39 is 18.4 Å². The van der Waals surface area contributed by atoms with Crippen molar-refractivity contribution >= 4 is 51.8 Å². The molecule has 0 radical (unpaired) electrons. The summed E-state index contributed by atoms with van der Waals surface area (Å²) in [5.74, 6) is -2.28. The molecular formula is C32H25ClN2O6. The minimum Gasteiger partial charge on any atom is -0.507 e. The molecule has 4 aromatic rings. The fourth-order valence-electron chi connectivity index (χ4n) is 5.72. The molecule has 1 aromatic heterocycles. The molecule has 2 unspecified atom stereocenters. The number of imide groups is 1. The van der Waals surface area contributed by atoms with Crippen LogP contribution in [0.4, 0.5) is 5.69 Å². The van der Waals surface area contributed by atoms with Gasteiger partial charge in [-0.3, -0.25) is 19.3 Å². The van der Waals surface area contributed by atoms with Gasteiger partial charge in [0, 0.05) is 10.9 Å². The van der Waals surface area contributed by atoms with Gasteiger partial charge in [-0.2, -0.15) is 0 Å². The molecule has 1 aliphatic heterocycles. The fraction of sp³-hybridized carbons (Fsp3) is 0.219. The summed E-state index contributed by atoms with van der Waals surface area (Å²) in [6.45, 7) is -0.565. The van der Waals surface area contributed by atoms with Crippen LogP contribution in [0.2, 0.25) is 5.02 Å². The van der Waals surface area contributed by atoms with E-state index in [0.29, 0.717) is 32.9 Å². The number of ether oxygens (including phenoxy) is 1. The number of ketones is 1. The van der Waals surface area contributed by atoms with E-state index in [0.717, 1.165) is 25.7 Å². The molecule has 41 heavy (non-hydrogen) atoms. The van der Waals surface area contributed by atoms with E-state index >= 15 is 0 Å². The Labute approximate surface area is 240 Å². The number of halogens is 1. The number of carbonyl (C=O) groups excluding carboxylic acids is 4. The van der Waals surface area contributed by atoms with Crippen molar-refractivity contribution in [2.45, 2.75) is 25.7 Å². The van der Waals surface area contributed by atoms with Gasteiger partial charge in [-0.15, -0.1) is 0 Å². The number of anilines is 1. The molecule has 2 amide bonds. The molecule has 1 aliphatic carbocycles. The number of carbonyl (C=O) groups is 4. The predicted octanol–water partition coefficient (Wildman–Crippen LogP) is 5.98. The smallest absolute Gasteiger partial charge is 0.339 e. The molecule has 2 heterocycles. The van der Waals surface area contributed by atoms with Crippen molar-refractivity contribution in [3.8, 4) is 17.0 Å². The van der Waals surface area contributed by atoms with Gasteiger partial charge >= 0.3 is 5.97 Å². The number of para-hydroxylation sites is 2. The monoisotopic (exact) mass is 568 g/mol. The highest BCUT2D eigenvalue weighted by molar-refractivity contribution is 6.35. The summed E-state index contributed by atoms with van der Waals surface area (Å²) in [5, 5.41) is 10.7. The van der Waals surface area contributed by atoms with Gasteiger partial charge in [0.25, 0.3) is 0 Å². The van der Waals surface area contributed by atoms with Crippen LogP contribution in [-0.2, 0) is 14.3 Å². The number of pyridine rings is 1. The van der Waals surface area contributed by atoms with Gasteiger partial charge in [0.05, 0.1) is 44.9 Å². The van der Waals surface area contributed by atoms with Crippen LogP contribution in [0.5, 0.6) is 5.75 Å². The molecule has 0 spiro atoms. The first kappa shape index (κ1) is 26.7. The van der Waals surface area contributed by atoms with Crippen molar-refractivity contribution < 1.29 is 29.0 Å². The maximum Gasteiger partial charge on any atom is 0.339 e. The molecule has 2 atom stereocenters. The average Bonchev–Trinajstić information content (AvgIpc) is 3.25. The molecule has 1 N–H and O–H groups in total. The second kappa shape index (κ2) is 10.8. The molecule has 2 aliphatic rings. The van der Waals surface area contributed by atoms with Crippen LogP contribution in [0.3, 0.4) is 0 Å². The van der Waals surface area contributed by atoms with Crippen LogP contribution >= 0.6 is 11.6 Å². The van der Waals surface area contributed by atoms with Gasteiger partial charge in [-0.05, 0) is 49.2 Å². The Bertz CT molecular complexity index is 1690. The van der Waals surface area contributed by atoms with E-state index in [4.69, 9.17) is 16.3 Å². The van der Waals surface area contributed by atoms with Crippen LogP contribution in [0.15, 0.2) is 72.8 Å². The molecule has 8 nitrogen and oxygen atoms in total. The van der Waals surface area contributed by atoms with Crippen LogP contribution in [0.1, 0.15) is 46.4 Å². The number of amides is 2. The number of benzene rings is 3. The Hall–Kier alpha value is -4.56. The zero-order chi connectivity index (χ0) is 28.7. The minimum absolute atomic E-state index is 0.0536. The maximum absolute atomic E-state index is 13.2. The number of aromatic hydroxyl groups is 1. The first-order valence-electron chi connectivity index (χ1n) is 13.4. The summed E-state index contributed by atoms with van der Waals surface area (Å²) in [6, 6.07) is 19.5. The molecule has 1 saturated carbocycles. The quantitative estimate of drug-likeness (QED) is 0.173. The third kappa shape index (κ3) is 4.85. The second-order valence-electron chi connectivity index (χ2n) is 10.3. The summed E-state index contributed by atoms with van der Waals surface area (Å²) >= 11 is 6.44. The standard InChI is InChI=1S/C32H25ClN2O6/c33-25-10-5-9-20-24(32(40)41-17-28(37)23-8-3-4-11-27(23)36)16-26(34-29(20)25)18-12-14-19(15-13-18)35-30(38)21-6-1-2-7-22(21)31(35)39/h3-5,8-16,21-22,36H,1-2,6-7,17H2. The Balaban J connectivity index is 1.29. The Morgan fingerprint density at radius 2 is 1.59 bits per heavy atom. The first-order valence-corrected chi connectivity index (χ1v) is 13.8. The molecule has 9 heteroatoms. The zero-order valence-electron chi connectivity index (χ0n) is 21.9. The van der Waals surface area contributed by atoms with Crippen molar-refractivity contribution in [1.82, 2.24) is 4.98 Å². The number of fused-ring (bicyclic) bond motifs is 2. The summed E-state index contributed by atoms with van der Waals surface area (Å²) in [6.07, 6.45) is 3.39. The lowest BCUT2D eigenvalue weighted by Crippen LogP contribution is -2.30. The molecular weight excluding hydrogens is 544 g/mol. The lowest BCUT2D eigenvalue weighted by molar-refractivity contribution is -0.122. The number of nitrogens with zero attached hydrogens (tertiary/aromatic N) is 2. The Morgan fingerprint density at radius 1 is 0.902 bits per heavy atom.